The molecule has 0 unspecified atom stereocenters. The van der Waals surface area contributed by atoms with Crippen LogP contribution in [0, 0.1) is 5.82 Å². The van der Waals surface area contributed by atoms with Gasteiger partial charge < -0.3 is 9.84 Å². The third kappa shape index (κ3) is 2.97. The fourth-order valence-electron chi connectivity index (χ4n) is 1.47. The number of hydrogen-bond acceptors (Lipinski definition) is 2. The molecule has 0 saturated carbocycles. The molecule has 2 aromatic carbocycles. The van der Waals surface area contributed by atoms with Gasteiger partial charge in [0.1, 0.15) is 11.3 Å². The number of benzene rings is 2. The van der Waals surface area contributed by atoms with Crippen LogP contribution in [0.3, 0.4) is 0 Å². The summed E-state index contributed by atoms with van der Waals surface area (Å²) < 4.78 is 18.8. The topological polar surface area (TPSA) is 46.5 Å². The van der Waals surface area contributed by atoms with E-state index in [2.05, 4.69) is 0 Å². The number of halogens is 3. The zero-order valence-electron chi connectivity index (χ0n) is 9.36. The van der Waals surface area contributed by atoms with Crippen LogP contribution in [-0.4, -0.2) is 11.1 Å². The molecule has 19 heavy (non-hydrogen) atoms. The molecule has 0 aliphatic rings. The molecule has 0 aliphatic carbocycles. The number of carbonyl (C=O) groups is 1. The molecule has 3 nitrogen and oxygen atoms in total. The first-order valence-electron chi connectivity index (χ1n) is 5.13. The Hall–Kier alpha value is -1.78. The standard InChI is InChI=1S/C13H7Cl2FO3/c14-7-4-5-10(9(16)6-7)19-11-3-1-2-8(15)12(11)13(17)18/h1-6H,(H,17,18). The molecule has 0 amide bonds. The van der Waals surface area contributed by atoms with E-state index in [1.807, 2.05) is 0 Å². The second-order valence-corrected chi connectivity index (χ2v) is 4.44. The van der Waals surface area contributed by atoms with Gasteiger partial charge in [-0.15, -0.1) is 0 Å². The average Bonchev–Trinajstić information content (AvgIpc) is 2.32. The first kappa shape index (κ1) is 13.6. The van der Waals surface area contributed by atoms with Crippen molar-refractivity contribution in [3.8, 4) is 11.5 Å². The minimum absolute atomic E-state index is 0.0133. The molecule has 0 aliphatic heterocycles. The van der Waals surface area contributed by atoms with Crippen LogP contribution in [0.1, 0.15) is 10.4 Å². The summed E-state index contributed by atoms with van der Waals surface area (Å²) in [5.41, 5.74) is -0.224. The van der Waals surface area contributed by atoms with Crippen molar-refractivity contribution in [1.29, 1.82) is 0 Å². The highest BCUT2D eigenvalue weighted by Gasteiger charge is 2.17. The van der Waals surface area contributed by atoms with E-state index in [9.17, 15) is 9.18 Å². The zero-order valence-corrected chi connectivity index (χ0v) is 10.9. The molecule has 0 bridgehead atoms. The molecule has 6 heteroatoms. The highest BCUT2D eigenvalue weighted by Crippen LogP contribution is 2.32. The van der Waals surface area contributed by atoms with Crippen molar-refractivity contribution in [3.63, 3.8) is 0 Å². The van der Waals surface area contributed by atoms with Crippen molar-refractivity contribution in [1.82, 2.24) is 0 Å². The van der Waals surface area contributed by atoms with Crippen LogP contribution in [0.4, 0.5) is 4.39 Å². The molecule has 0 aromatic heterocycles. The summed E-state index contributed by atoms with van der Waals surface area (Å²) in [6.07, 6.45) is 0. The maximum absolute atomic E-state index is 13.6. The van der Waals surface area contributed by atoms with Gasteiger partial charge in [0, 0.05) is 5.02 Å². The molecule has 0 fully saturated rings. The highest BCUT2D eigenvalue weighted by molar-refractivity contribution is 6.33. The van der Waals surface area contributed by atoms with Gasteiger partial charge in [-0.3, -0.25) is 0 Å². The van der Waals surface area contributed by atoms with E-state index in [-0.39, 0.29) is 27.1 Å². The largest absolute Gasteiger partial charge is 0.478 e. The maximum Gasteiger partial charge on any atom is 0.341 e. The van der Waals surface area contributed by atoms with Crippen LogP contribution < -0.4 is 4.74 Å². The van der Waals surface area contributed by atoms with Gasteiger partial charge in [0.15, 0.2) is 11.6 Å². The van der Waals surface area contributed by atoms with Gasteiger partial charge in [0.05, 0.1) is 5.02 Å². The Morgan fingerprint density at radius 3 is 2.53 bits per heavy atom. The average molecular weight is 301 g/mol. The quantitative estimate of drug-likeness (QED) is 0.899. The Morgan fingerprint density at radius 1 is 1.16 bits per heavy atom. The second kappa shape index (κ2) is 5.47. The van der Waals surface area contributed by atoms with Crippen molar-refractivity contribution in [2.75, 3.05) is 0 Å². The fraction of sp³-hybridized carbons (Fsp3) is 0. The Kier molecular flexibility index (Phi) is 3.93. The molecule has 1 N–H and O–H groups in total. The molecule has 0 spiro atoms. The number of aromatic carboxylic acids is 1. The lowest BCUT2D eigenvalue weighted by molar-refractivity contribution is 0.0694. The molecule has 98 valence electrons. The van der Waals surface area contributed by atoms with E-state index >= 15 is 0 Å². The van der Waals surface area contributed by atoms with Crippen molar-refractivity contribution < 1.29 is 19.0 Å². The molecule has 2 rings (SSSR count). The molecule has 0 saturated heterocycles. The van der Waals surface area contributed by atoms with Crippen molar-refractivity contribution in [2.24, 2.45) is 0 Å². The Labute approximate surface area is 118 Å². The first-order chi connectivity index (χ1) is 8.99. The Bertz CT molecular complexity index is 644. The van der Waals surface area contributed by atoms with Gasteiger partial charge in [0.2, 0.25) is 0 Å². The Morgan fingerprint density at radius 2 is 1.89 bits per heavy atom. The lowest BCUT2D eigenvalue weighted by Crippen LogP contribution is -2.01. The smallest absolute Gasteiger partial charge is 0.341 e. The van der Waals surface area contributed by atoms with E-state index in [0.29, 0.717) is 0 Å². The molecule has 0 heterocycles. The van der Waals surface area contributed by atoms with Gasteiger partial charge in [-0.1, -0.05) is 29.3 Å². The van der Waals surface area contributed by atoms with Crippen molar-refractivity contribution in [2.45, 2.75) is 0 Å². The summed E-state index contributed by atoms with van der Waals surface area (Å²) >= 11 is 11.4. The van der Waals surface area contributed by atoms with Gasteiger partial charge in [-0.25, -0.2) is 9.18 Å². The van der Waals surface area contributed by atoms with E-state index in [4.69, 9.17) is 33.0 Å². The zero-order chi connectivity index (χ0) is 14.0. The number of rotatable bonds is 3. The third-order valence-electron chi connectivity index (χ3n) is 2.30. The van der Waals surface area contributed by atoms with Gasteiger partial charge in [-0.2, -0.15) is 0 Å². The fourth-order valence-corrected chi connectivity index (χ4v) is 1.88. The second-order valence-electron chi connectivity index (χ2n) is 3.59. The Balaban J connectivity index is 2.44. The number of ether oxygens (including phenoxy) is 1. The molecular formula is C13H7Cl2FO3. The van der Waals surface area contributed by atoms with E-state index in [1.165, 1.54) is 30.3 Å². The van der Waals surface area contributed by atoms with Crippen molar-refractivity contribution in [3.05, 3.63) is 57.8 Å². The van der Waals surface area contributed by atoms with Crippen LogP contribution in [0.2, 0.25) is 10.0 Å². The normalized spacial score (nSPS) is 10.3. The summed E-state index contributed by atoms with van der Waals surface area (Å²) in [6.45, 7) is 0. The summed E-state index contributed by atoms with van der Waals surface area (Å²) in [5, 5.41) is 9.29. The van der Waals surface area contributed by atoms with Crippen LogP contribution in [0.25, 0.3) is 0 Å². The summed E-state index contributed by atoms with van der Waals surface area (Å²) in [4.78, 5) is 11.1. The molecule has 0 radical (unpaired) electrons. The summed E-state index contributed by atoms with van der Waals surface area (Å²) in [5.74, 6) is -2.12. The molecular weight excluding hydrogens is 294 g/mol. The summed E-state index contributed by atoms with van der Waals surface area (Å²) in [6, 6.07) is 8.13. The lowest BCUT2D eigenvalue weighted by Gasteiger charge is -2.10. The highest BCUT2D eigenvalue weighted by atomic mass is 35.5. The maximum atomic E-state index is 13.6. The van der Waals surface area contributed by atoms with Crippen molar-refractivity contribution >= 4 is 29.2 Å². The van der Waals surface area contributed by atoms with Crippen LogP contribution in [0.15, 0.2) is 36.4 Å². The minimum atomic E-state index is -1.25. The number of carboxylic acid groups (broad SMARTS) is 1. The van der Waals surface area contributed by atoms with E-state index in [1.54, 1.807) is 0 Å². The van der Waals surface area contributed by atoms with Crippen LogP contribution >= 0.6 is 23.2 Å². The third-order valence-corrected chi connectivity index (χ3v) is 2.85. The monoisotopic (exact) mass is 300 g/mol. The number of carboxylic acids is 1. The van der Waals surface area contributed by atoms with E-state index in [0.717, 1.165) is 6.07 Å². The molecule has 0 atom stereocenters. The lowest BCUT2D eigenvalue weighted by atomic mass is 10.2. The SMILES string of the molecule is O=C(O)c1c(Cl)cccc1Oc1ccc(Cl)cc1F. The van der Waals surface area contributed by atoms with Crippen LogP contribution in [-0.2, 0) is 0 Å². The minimum Gasteiger partial charge on any atom is -0.478 e. The van der Waals surface area contributed by atoms with Gasteiger partial charge in [-0.05, 0) is 30.3 Å². The van der Waals surface area contributed by atoms with Gasteiger partial charge >= 0.3 is 5.97 Å². The van der Waals surface area contributed by atoms with E-state index < -0.39 is 11.8 Å². The first-order valence-corrected chi connectivity index (χ1v) is 5.89. The predicted molar refractivity (Wildman–Crippen MR) is 69.9 cm³/mol. The summed E-state index contributed by atoms with van der Waals surface area (Å²) in [7, 11) is 0. The van der Waals surface area contributed by atoms with Gasteiger partial charge in [0.25, 0.3) is 0 Å². The van der Waals surface area contributed by atoms with Crippen LogP contribution in [0.5, 0.6) is 11.5 Å². The number of hydrogen-bond donors (Lipinski definition) is 1. The molecule has 2 aromatic rings. The predicted octanol–water partition coefficient (Wildman–Crippen LogP) is 4.62.